The first-order valence-corrected chi connectivity index (χ1v) is 7.43. The monoisotopic (exact) mass is 262 g/mol. The Kier molecular flexibility index (Phi) is 4.83. The minimum atomic E-state index is 0.0934. The highest BCUT2D eigenvalue weighted by atomic mass is 16.5. The van der Waals surface area contributed by atoms with Crippen LogP contribution in [0.5, 0.6) is 5.75 Å². The molecule has 0 saturated carbocycles. The number of nitrogens with two attached hydrogens (primary N) is 1. The molecule has 1 aromatic carbocycles. The van der Waals surface area contributed by atoms with Gasteiger partial charge in [0.2, 0.25) is 0 Å². The summed E-state index contributed by atoms with van der Waals surface area (Å²) in [6, 6.07) is 6.52. The first-order chi connectivity index (χ1) is 9.19. The maximum atomic E-state index is 6.47. The molecule has 0 radical (unpaired) electrons. The SMILES string of the molecule is CCc1ccc2c(c1)C(N)C(CN(CC)CC)CO2. The van der Waals surface area contributed by atoms with Gasteiger partial charge in [0.1, 0.15) is 5.75 Å². The lowest BCUT2D eigenvalue weighted by atomic mass is 9.89. The normalized spacial score (nSPS) is 22.2. The molecule has 0 saturated heterocycles. The molecule has 106 valence electrons. The van der Waals surface area contributed by atoms with Gasteiger partial charge in [-0.05, 0) is 31.1 Å². The van der Waals surface area contributed by atoms with E-state index in [0.29, 0.717) is 5.92 Å². The number of benzene rings is 1. The maximum absolute atomic E-state index is 6.47. The summed E-state index contributed by atoms with van der Waals surface area (Å²) < 4.78 is 5.89. The number of nitrogens with zero attached hydrogens (tertiary/aromatic N) is 1. The molecule has 1 aliphatic rings. The van der Waals surface area contributed by atoms with Gasteiger partial charge < -0.3 is 15.4 Å². The van der Waals surface area contributed by atoms with Crippen molar-refractivity contribution in [2.75, 3.05) is 26.2 Å². The van der Waals surface area contributed by atoms with Gasteiger partial charge in [-0.1, -0.05) is 32.9 Å². The fourth-order valence-electron chi connectivity index (χ4n) is 2.74. The van der Waals surface area contributed by atoms with Gasteiger partial charge in [0.05, 0.1) is 6.61 Å². The Balaban J connectivity index is 2.15. The van der Waals surface area contributed by atoms with Crippen molar-refractivity contribution in [1.29, 1.82) is 0 Å². The van der Waals surface area contributed by atoms with E-state index in [0.717, 1.165) is 38.4 Å². The average molecular weight is 262 g/mol. The van der Waals surface area contributed by atoms with Gasteiger partial charge in [-0.3, -0.25) is 0 Å². The van der Waals surface area contributed by atoms with Crippen LogP contribution in [0.2, 0.25) is 0 Å². The second kappa shape index (κ2) is 6.40. The van der Waals surface area contributed by atoms with E-state index in [-0.39, 0.29) is 6.04 Å². The Bertz CT molecular complexity index is 415. The van der Waals surface area contributed by atoms with Gasteiger partial charge >= 0.3 is 0 Å². The highest BCUT2D eigenvalue weighted by molar-refractivity contribution is 5.41. The summed E-state index contributed by atoms with van der Waals surface area (Å²) >= 11 is 0. The van der Waals surface area contributed by atoms with Crippen LogP contribution in [0.15, 0.2) is 18.2 Å². The molecule has 3 heteroatoms. The molecule has 1 aliphatic heterocycles. The number of aryl methyl sites for hydroxylation is 1. The van der Waals surface area contributed by atoms with E-state index in [2.05, 4.69) is 43.9 Å². The maximum Gasteiger partial charge on any atom is 0.124 e. The first kappa shape index (κ1) is 14.4. The van der Waals surface area contributed by atoms with Gasteiger partial charge in [-0.25, -0.2) is 0 Å². The third kappa shape index (κ3) is 3.10. The molecule has 0 bridgehead atoms. The van der Waals surface area contributed by atoms with Crippen LogP contribution in [-0.4, -0.2) is 31.1 Å². The lowest BCUT2D eigenvalue weighted by molar-refractivity contribution is 0.144. The fraction of sp³-hybridized carbons (Fsp3) is 0.625. The second-order valence-corrected chi connectivity index (χ2v) is 5.31. The van der Waals surface area contributed by atoms with Gasteiger partial charge in [0.25, 0.3) is 0 Å². The molecular formula is C16H26N2O. The first-order valence-electron chi connectivity index (χ1n) is 7.43. The molecule has 19 heavy (non-hydrogen) atoms. The molecule has 2 rings (SSSR count). The highest BCUT2D eigenvalue weighted by Crippen LogP contribution is 2.35. The zero-order valence-electron chi connectivity index (χ0n) is 12.4. The van der Waals surface area contributed by atoms with Gasteiger partial charge in [-0.15, -0.1) is 0 Å². The van der Waals surface area contributed by atoms with Crippen LogP contribution in [0.3, 0.4) is 0 Å². The van der Waals surface area contributed by atoms with E-state index in [1.807, 2.05) is 0 Å². The number of ether oxygens (including phenoxy) is 1. The summed E-state index contributed by atoms with van der Waals surface area (Å²) in [6.07, 6.45) is 1.04. The minimum Gasteiger partial charge on any atom is -0.493 e. The van der Waals surface area contributed by atoms with E-state index in [4.69, 9.17) is 10.5 Å². The van der Waals surface area contributed by atoms with Crippen LogP contribution in [0, 0.1) is 5.92 Å². The molecule has 3 nitrogen and oxygen atoms in total. The smallest absolute Gasteiger partial charge is 0.124 e. The molecule has 2 N–H and O–H groups in total. The lowest BCUT2D eigenvalue weighted by Crippen LogP contribution is -2.40. The summed E-state index contributed by atoms with van der Waals surface area (Å²) in [4.78, 5) is 2.42. The fourth-order valence-corrected chi connectivity index (χ4v) is 2.74. The van der Waals surface area contributed by atoms with E-state index < -0.39 is 0 Å². The Morgan fingerprint density at radius 2 is 2.00 bits per heavy atom. The van der Waals surface area contributed by atoms with E-state index in [1.54, 1.807) is 0 Å². The van der Waals surface area contributed by atoms with E-state index in [9.17, 15) is 0 Å². The molecule has 0 aromatic heterocycles. The van der Waals surface area contributed by atoms with Crippen molar-refractivity contribution in [3.63, 3.8) is 0 Å². The molecule has 1 heterocycles. The van der Waals surface area contributed by atoms with Crippen LogP contribution in [0.25, 0.3) is 0 Å². The largest absolute Gasteiger partial charge is 0.493 e. The summed E-state index contributed by atoms with van der Waals surface area (Å²) in [5.41, 5.74) is 8.98. The summed E-state index contributed by atoms with van der Waals surface area (Å²) in [6.45, 7) is 10.5. The summed E-state index contributed by atoms with van der Waals surface area (Å²) in [7, 11) is 0. The van der Waals surface area contributed by atoms with Gasteiger partial charge in [0, 0.05) is 24.1 Å². The Labute approximate surface area is 116 Å². The number of hydrogen-bond acceptors (Lipinski definition) is 3. The van der Waals surface area contributed by atoms with Crippen LogP contribution < -0.4 is 10.5 Å². The summed E-state index contributed by atoms with van der Waals surface area (Å²) in [5, 5.41) is 0. The van der Waals surface area contributed by atoms with Crippen molar-refractivity contribution in [2.24, 2.45) is 11.7 Å². The predicted molar refractivity (Wildman–Crippen MR) is 79.5 cm³/mol. The summed E-state index contributed by atoms with van der Waals surface area (Å²) in [5.74, 6) is 1.36. The molecule has 0 amide bonds. The van der Waals surface area contributed by atoms with Crippen molar-refractivity contribution < 1.29 is 4.74 Å². The van der Waals surface area contributed by atoms with Crippen molar-refractivity contribution in [3.8, 4) is 5.75 Å². The van der Waals surface area contributed by atoms with Crippen molar-refractivity contribution in [1.82, 2.24) is 4.90 Å². The standard InChI is InChI=1S/C16H26N2O/c1-4-12-7-8-15-14(9-12)16(17)13(11-19-15)10-18(5-2)6-3/h7-9,13,16H,4-6,10-11,17H2,1-3H3. The zero-order chi connectivity index (χ0) is 13.8. The molecule has 0 aliphatic carbocycles. The molecule has 0 spiro atoms. The Hall–Kier alpha value is -1.06. The lowest BCUT2D eigenvalue weighted by Gasteiger charge is -2.34. The average Bonchev–Trinajstić information content (AvgIpc) is 2.46. The van der Waals surface area contributed by atoms with Crippen molar-refractivity contribution >= 4 is 0 Å². The molecule has 1 aromatic rings. The van der Waals surface area contributed by atoms with E-state index >= 15 is 0 Å². The minimum absolute atomic E-state index is 0.0934. The number of fused-ring (bicyclic) bond motifs is 1. The molecule has 2 atom stereocenters. The topological polar surface area (TPSA) is 38.5 Å². The van der Waals surface area contributed by atoms with E-state index in [1.165, 1.54) is 11.1 Å². The Morgan fingerprint density at radius 3 is 2.63 bits per heavy atom. The van der Waals surface area contributed by atoms with Crippen LogP contribution >= 0.6 is 0 Å². The number of hydrogen-bond donors (Lipinski definition) is 1. The van der Waals surface area contributed by atoms with Gasteiger partial charge in [-0.2, -0.15) is 0 Å². The van der Waals surface area contributed by atoms with Crippen LogP contribution in [0.4, 0.5) is 0 Å². The van der Waals surface area contributed by atoms with Crippen molar-refractivity contribution in [2.45, 2.75) is 33.2 Å². The van der Waals surface area contributed by atoms with Crippen LogP contribution in [0.1, 0.15) is 37.9 Å². The van der Waals surface area contributed by atoms with Crippen LogP contribution in [-0.2, 0) is 6.42 Å². The second-order valence-electron chi connectivity index (χ2n) is 5.31. The third-order valence-corrected chi connectivity index (χ3v) is 4.19. The third-order valence-electron chi connectivity index (χ3n) is 4.19. The zero-order valence-corrected chi connectivity index (χ0v) is 12.4. The predicted octanol–water partition coefficient (Wildman–Crippen LogP) is 2.60. The van der Waals surface area contributed by atoms with Gasteiger partial charge in [0.15, 0.2) is 0 Å². The highest BCUT2D eigenvalue weighted by Gasteiger charge is 2.29. The quantitative estimate of drug-likeness (QED) is 0.886. The Morgan fingerprint density at radius 1 is 1.26 bits per heavy atom. The van der Waals surface area contributed by atoms with Crippen molar-refractivity contribution in [3.05, 3.63) is 29.3 Å². The molecule has 0 fully saturated rings. The molecular weight excluding hydrogens is 236 g/mol. The molecule has 2 unspecified atom stereocenters. The number of rotatable bonds is 5.